The molecule has 2 N–H and O–H groups in total. The molecule has 0 unspecified atom stereocenters. The van der Waals surface area contributed by atoms with Crippen molar-refractivity contribution in [3.8, 4) is 11.1 Å². The summed E-state index contributed by atoms with van der Waals surface area (Å²) in [6.07, 6.45) is 1.61. The fourth-order valence-corrected chi connectivity index (χ4v) is 3.37. The van der Waals surface area contributed by atoms with Gasteiger partial charge in [-0.1, -0.05) is 30.3 Å². The fraction of sp³-hybridized carbons (Fsp3) is 0.300. The van der Waals surface area contributed by atoms with Crippen LogP contribution in [-0.2, 0) is 12.3 Å². The van der Waals surface area contributed by atoms with Crippen LogP contribution in [0.4, 0.5) is 5.95 Å². The Labute approximate surface area is 163 Å². The lowest BCUT2D eigenvalue weighted by molar-refractivity contribution is 0.344. The zero-order valence-corrected chi connectivity index (χ0v) is 16.4. The second-order valence-corrected chi connectivity index (χ2v) is 7.53. The molecule has 6 nitrogen and oxygen atoms in total. The first-order valence-corrected chi connectivity index (χ1v) is 9.96. The average Bonchev–Trinajstić information content (AvgIpc) is 3.09. The van der Waals surface area contributed by atoms with Crippen LogP contribution in [0.3, 0.4) is 0 Å². The molecule has 0 aliphatic rings. The number of hydrogen-bond donors (Lipinski definition) is 2. The zero-order valence-electron chi connectivity index (χ0n) is 15.6. The van der Waals surface area contributed by atoms with Crippen molar-refractivity contribution in [2.75, 3.05) is 31.7 Å². The molecular weight excluding hydrogens is 360 g/mol. The zero-order chi connectivity index (χ0) is 19.1. The van der Waals surface area contributed by atoms with Crippen molar-refractivity contribution in [3.05, 3.63) is 70.5 Å². The molecule has 0 saturated heterocycles. The molecule has 3 rings (SSSR count). The maximum atomic E-state index is 12.2. The van der Waals surface area contributed by atoms with Crippen molar-refractivity contribution in [1.29, 1.82) is 0 Å². The van der Waals surface area contributed by atoms with Crippen LogP contribution in [0.5, 0.6) is 0 Å². The molecule has 142 valence electrons. The van der Waals surface area contributed by atoms with Gasteiger partial charge in [0.25, 0.3) is 5.56 Å². The summed E-state index contributed by atoms with van der Waals surface area (Å²) in [5.74, 6) is 4.16. The van der Waals surface area contributed by atoms with Crippen LogP contribution in [0.25, 0.3) is 11.1 Å². The molecule has 2 heterocycles. The SMILES string of the molecule is CN(C)Cc1ccc(CSCCNc2ncc(-c3ccccc3)c(=O)[nH]2)o1. The highest BCUT2D eigenvalue weighted by Gasteiger charge is 2.06. The number of furan rings is 1. The van der Waals surface area contributed by atoms with Crippen molar-refractivity contribution in [2.24, 2.45) is 0 Å². The topological polar surface area (TPSA) is 74.2 Å². The highest BCUT2D eigenvalue weighted by atomic mass is 32.2. The van der Waals surface area contributed by atoms with Gasteiger partial charge >= 0.3 is 0 Å². The maximum absolute atomic E-state index is 12.2. The van der Waals surface area contributed by atoms with Crippen molar-refractivity contribution in [1.82, 2.24) is 14.9 Å². The van der Waals surface area contributed by atoms with Gasteiger partial charge in [0.1, 0.15) is 11.5 Å². The summed E-state index contributed by atoms with van der Waals surface area (Å²) in [5.41, 5.74) is 1.29. The number of aromatic amines is 1. The molecule has 0 atom stereocenters. The first kappa shape index (κ1) is 19.3. The van der Waals surface area contributed by atoms with E-state index in [2.05, 4.69) is 20.2 Å². The molecule has 1 aromatic carbocycles. The van der Waals surface area contributed by atoms with Gasteiger partial charge in [-0.05, 0) is 31.8 Å². The number of nitrogens with one attached hydrogen (secondary N) is 2. The van der Waals surface area contributed by atoms with E-state index in [0.29, 0.717) is 18.1 Å². The number of benzene rings is 1. The first-order valence-electron chi connectivity index (χ1n) is 8.80. The standard InChI is InChI=1S/C20H24N4O2S/c1-24(2)13-16-8-9-17(26-16)14-27-11-10-21-20-22-12-18(19(25)23-20)15-6-4-3-5-7-15/h3-9,12H,10-11,13-14H2,1-2H3,(H2,21,22,23,25). The molecule has 0 fully saturated rings. The van der Waals surface area contributed by atoms with Gasteiger partial charge < -0.3 is 14.6 Å². The van der Waals surface area contributed by atoms with Gasteiger partial charge in [0.15, 0.2) is 0 Å². The molecule has 7 heteroatoms. The molecule has 0 spiro atoms. The summed E-state index contributed by atoms with van der Waals surface area (Å²) in [6.45, 7) is 1.52. The molecule has 3 aromatic rings. The average molecular weight is 385 g/mol. The first-order chi connectivity index (χ1) is 13.1. The monoisotopic (exact) mass is 384 g/mol. The molecule has 0 radical (unpaired) electrons. The minimum Gasteiger partial charge on any atom is -0.464 e. The minimum absolute atomic E-state index is 0.143. The third kappa shape index (κ3) is 5.74. The van der Waals surface area contributed by atoms with Gasteiger partial charge in [-0.2, -0.15) is 11.8 Å². The van der Waals surface area contributed by atoms with Crippen LogP contribution in [0.15, 0.2) is 57.9 Å². The third-order valence-corrected chi connectivity index (χ3v) is 4.84. The number of H-pyrrole nitrogens is 1. The van der Waals surface area contributed by atoms with Crippen molar-refractivity contribution in [2.45, 2.75) is 12.3 Å². The maximum Gasteiger partial charge on any atom is 0.260 e. The molecule has 0 saturated carbocycles. The smallest absolute Gasteiger partial charge is 0.260 e. The van der Waals surface area contributed by atoms with Crippen molar-refractivity contribution < 1.29 is 4.42 Å². The summed E-state index contributed by atoms with van der Waals surface area (Å²) < 4.78 is 5.79. The Morgan fingerprint density at radius 2 is 1.93 bits per heavy atom. The Morgan fingerprint density at radius 3 is 2.67 bits per heavy atom. The van der Waals surface area contributed by atoms with Crippen LogP contribution >= 0.6 is 11.8 Å². The molecule has 2 aromatic heterocycles. The number of hydrogen-bond acceptors (Lipinski definition) is 6. The van der Waals surface area contributed by atoms with Crippen LogP contribution < -0.4 is 10.9 Å². The number of aromatic nitrogens is 2. The normalized spacial score (nSPS) is 11.1. The molecule has 0 aliphatic carbocycles. The van der Waals surface area contributed by atoms with E-state index in [0.717, 1.165) is 35.1 Å². The van der Waals surface area contributed by atoms with E-state index in [1.807, 2.05) is 56.6 Å². The molecule has 27 heavy (non-hydrogen) atoms. The van der Waals surface area contributed by atoms with Crippen molar-refractivity contribution in [3.63, 3.8) is 0 Å². The van der Waals surface area contributed by atoms with E-state index in [4.69, 9.17) is 4.42 Å². The second-order valence-electron chi connectivity index (χ2n) is 6.43. The van der Waals surface area contributed by atoms with E-state index in [-0.39, 0.29) is 5.56 Å². The molecule has 0 bridgehead atoms. The largest absolute Gasteiger partial charge is 0.464 e. The Hall–Kier alpha value is -2.51. The number of nitrogens with zero attached hydrogens (tertiary/aromatic N) is 2. The Morgan fingerprint density at radius 1 is 1.15 bits per heavy atom. The predicted octanol–water partition coefficient (Wildman–Crippen LogP) is 3.44. The van der Waals surface area contributed by atoms with Crippen LogP contribution in [0.1, 0.15) is 11.5 Å². The van der Waals surface area contributed by atoms with Gasteiger partial charge in [0, 0.05) is 18.5 Å². The number of thioether (sulfide) groups is 1. The Bertz CT molecular complexity index is 906. The lowest BCUT2D eigenvalue weighted by Gasteiger charge is -2.07. The second kappa shape index (κ2) is 9.43. The van der Waals surface area contributed by atoms with E-state index in [9.17, 15) is 4.79 Å². The number of rotatable bonds is 9. The van der Waals surface area contributed by atoms with Gasteiger partial charge in [-0.15, -0.1) is 0 Å². The highest BCUT2D eigenvalue weighted by Crippen LogP contribution is 2.16. The summed E-state index contributed by atoms with van der Waals surface area (Å²) >= 11 is 1.77. The van der Waals surface area contributed by atoms with E-state index < -0.39 is 0 Å². The summed E-state index contributed by atoms with van der Waals surface area (Å²) in [4.78, 5) is 21.4. The van der Waals surface area contributed by atoms with E-state index in [1.165, 1.54) is 0 Å². The summed E-state index contributed by atoms with van der Waals surface area (Å²) in [6, 6.07) is 13.6. The molecule has 0 amide bonds. The molecule has 0 aliphatic heterocycles. The van der Waals surface area contributed by atoms with Gasteiger partial charge in [0.05, 0.1) is 17.9 Å². The summed E-state index contributed by atoms with van der Waals surface area (Å²) in [5, 5.41) is 3.16. The third-order valence-electron chi connectivity index (χ3n) is 3.86. The molecular formula is C20H24N4O2S. The minimum atomic E-state index is -0.143. The van der Waals surface area contributed by atoms with Crippen LogP contribution in [-0.4, -0.2) is 41.3 Å². The highest BCUT2D eigenvalue weighted by molar-refractivity contribution is 7.98. The van der Waals surface area contributed by atoms with E-state index in [1.54, 1.807) is 18.0 Å². The lowest BCUT2D eigenvalue weighted by atomic mass is 10.1. The van der Waals surface area contributed by atoms with E-state index >= 15 is 0 Å². The summed E-state index contributed by atoms with van der Waals surface area (Å²) in [7, 11) is 4.04. The van der Waals surface area contributed by atoms with Crippen LogP contribution in [0.2, 0.25) is 0 Å². The predicted molar refractivity (Wildman–Crippen MR) is 111 cm³/mol. The Kier molecular flexibility index (Phi) is 6.73. The fourth-order valence-electron chi connectivity index (χ4n) is 2.62. The van der Waals surface area contributed by atoms with Crippen LogP contribution in [0, 0.1) is 0 Å². The Balaban J connectivity index is 1.43. The van der Waals surface area contributed by atoms with Crippen molar-refractivity contribution >= 4 is 17.7 Å². The van der Waals surface area contributed by atoms with Gasteiger partial charge in [-0.3, -0.25) is 9.78 Å². The van der Waals surface area contributed by atoms with Gasteiger partial charge in [0.2, 0.25) is 5.95 Å². The lowest BCUT2D eigenvalue weighted by Crippen LogP contribution is -2.15. The number of anilines is 1. The quantitative estimate of drug-likeness (QED) is 0.551. The van der Waals surface area contributed by atoms with Gasteiger partial charge in [-0.25, -0.2) is 4.98 Å².